The van der Waals surface area contributed by atoms with Gasteiger partial charge >= 0.3 is 0 Å². The molecule has 0 bridgehead atoms. The zero-order valence-electron chi connectivity index (χ0n) is 14.3. The van der Waals surface area contributed by atoms with E-state index in [0.717, 1.165) is 4.47 Å². The molecule has 0 spiro atoms. The minimum Gasteiger partial charge on any atom is -0.496 e. The molecule has 0 radical (unpaired) electrons. The third-order valence-electron chi connectivity index (χ3n) is 3.92. The molecule has 0 fully saturated rings. The van der Waals surface area contributed by atoms with E-state index in [2.05, 4.69) is 27.6 Å². The number of H-pyrrole nitrogens is 1. The van der Waals surface area contributed by atoms with E-state index in [-0.39, 0.29) is 10.5 Å². The van der Waals surface area contributed by atoms with Gasteiger partial charge in [0.2, 0.25) is 10.0 Å². The molecule has 0 aliphatic carbocycles. The summed E-state index contributed by atoms with van der Waals surface area (Å²) in [5.74, 6) is 0.613. The van der Waals surface area contributed by atoms with Crippen LogP contribution in [0.25, 0.3) is 18.3 Å². The summed E-state index contributed by atoms with van der Waals surface area (Å²) in [5, 5.41) is 8.76. The van der Waals surface area contributed by atoms with Crippen molar-refractivity contribution in [2.24, 2.45) is 5.14 Å². The zero-order chi connectivity index (χ0) is 19.8. The first-order valence-electron chi connectivity index (χ1n) is 7.69. The maximum Gasteiger partial charge on any atom is 0.279 e. The molecule has 27 heavy (non-hydrogen) atoms. The second-order valence-corrected chi connectivity index (χ2v) is 8.19. The Morgan fingerprint density at radius 3 is 2.48 bits per heavy atom. The normalized spacial score (nSPS) is 12.3. The number of aromatic nitrogens is 2. The number of benzene rings is 2. The lowest BCUT2D eigenvalue weighted by Gasteiger charge is -2.04. The third kappa shape index (κ3) is 3.90. The van der Waals surface area contributed by atoms with Crippen molar-refractivity contribution in [3.63, 3.8) is 0 Å². The van der Waals surface area contributed by atoms with Gasteiger partial charge in [0.15, 0.2) is 0 Å². The first kappa shape index (κ1) is 19.2. The fourth-order valence-electron chi connectivity index (χ4n) is 2.58. The third-order valence-corrected chi connectivity index (χ3v) is 5.34. The van der Waals surface area contributed by atoms with E-state index in [9.17, 15) is 13.2 Å². The van der Waals surface area contributed by atoms with Gasteiger partial charge < -0.3 is 4.74 Å². The van der Waals surface area contributed by atoms with Crippen LogP contribution in [0.3, 0.4) is 0 Å². The molecule has 2 aromatic carbocycles. The summed E-state index contributed by atoms with van der Waals surface area (Å²) >= 11 is 3.40. The fourth-order valence-corrected chi connectivity index (χ4v) is 3.48. The second kappa shape index (κ2) is 7.18. The molecule has 7 nitrogen and oxygen atoms in total. The van der Waals surface area contributed by atoms with E-state index in [4.69, 9.17) is 9.88 Å². The Kier molecular flexibility index (Phi) is 5.09. The van der Waals surface area contributed by atoms with Gasteiger partial charge in [0.25, 0.3) is 5.56 Å². The number of nitrogens with two attached hydrogens (primary N) is 1. The van der Waals surface area contributed by atoms with E-state index < -0.39 is 10.0 Å². The highest BCUT2D eigenvalue weighted by Crippen LogP contribution is 2.23. The smallest absolute Gasteiger partial charge is 0.279 e. The molecule has 140 valence electrons. The average Bonchev–Trinajstić information content (AvgIpc) is 2.89. The summed E-state index contributed by atoms with van der Waals surface area (Å²) in [6, 6.07) is 11.1. The number of ether oxygens (including phenoxy) is 1. The largest absolute Gasteiger partial charge is 0.496 e. The Morgan fingerprint density at radius 1 is 1.22 bits per heavy atom. The predicted octanol–water partition coefficient (Wildman–Crippen LogP) is 0.823. The first-order chi connectivity index (χ1) is 12.7. The van der Waals surface area contributed by atoms with Gasteiger partial charge in [-0.25, -0.2) is 18.2 Å². The van der Waals surface area contributed by atoms with Crippen molar-refractivity contribution in [3.8, 4) is 11.4 Å². The average molecular weight is 450 g/mol. The summed E-state index contributed by atoms with van der Waals surface area (Å²) in [6.45, 7) is 3.88. The quantitative estimate of drug-likeness (QED) is 0.614. The molecule has 3 N–H and O–H groups in total. The van der Waals surface area contributed by atoms with Crippen molar-refractivity contribution in [1.29, 1.82) is 0 Å². The molecule has 1 heterocycles. The molecule has 0 aliphatic heterocycles. The SMILES string of the molecule is C=c1[nH]n(-c2ccc(S(N)(=O)=O)cc2)c(=O)/c1=C/c1cc(Br)ccc1OC. The lowest BCUT2D eigenvalue weighted by atomic mass is 10.1. The molecule has 9 heteroatoms. The number of aromatic amines is 1. The van der Waals surface area contributed by atoms with Gasteiger partial charge in [0, 0.05) is 10.0 Å². The summed E-state index contributed by atoms with van der Waals surface area (Å²) in [7, 11) is -2.25. The Hall–Kier alpha value is -2.62. The highest BCUT2D eigenvalue weighted by atomic mass is 79.9. The molecule has 3 rings (SSSR count). The van der Waals surface area contributed by atoms with Crippen molar-refractivity contribution < 1.29 is 13.2 Å². The Balaban J connectivity index is 2.15. The van der Waals surface area contributed by atoms with Gasteiger partial charge in [-0.1, -0.05) is 22.5 Å². The molecule has 0 unspecified atom stereocenters. The maximum absolute atomic E-state index is 12.8. The van der Waals surface area contributed by atoms with Crippen molar-refractivity contribution in [2.75, 3.05) is 7.11 Å². The Labute approximate surface area is 163 Å². The van der Waals surface area contributed by atoms with Gasteiger partial charge in [0.05, 0.1) is 28.3 Å². The summed E-state index contributed by atoms with van der Waals surface area (Å²) in [5.41, 5.74) is 0.841. The molecule has 0 amide bonds. The highest BCUT2D eigenvalue weighted by molar-refractivity contribution is 9.10. The minimum atomic E-state index is -3.80. The van der Waals surface area contributed by atoms with Crippen LogP contribution in [-0.4, -0.2) is 25.3 Å². The number of hydrogen-bond donors (Lipinski definition) is 2. The minimum absolute atomic E-state index is 0.0358. The van der Waals surface area contributed by atoms with Crippen molar-refractivity contribution in [2.45, 2.75) is 4.90 Å². The van der Waals surface area contributed by atoms with Gasteiger partial charge in [-0.3, -0.25) is 9.89 Å². The summed E-state index contributed by atoms with van der Waals surface area (Å²) in [6.07, 6.45) is 1.68. The number of nitrogens with zero attached hydrogens (tertiary/aromatic N) is 1. The Bertz CT molecular complexity index is 1280. The van der Waals surface area contributed by atoms with Gasteiger partial charge in [-0.15, -0.1) is 0 Å². The second-order valence-electron chi connectivity index (χ2n) is 5.71. The van der Waals surface area contributed by atoms with E-state index >= 15 is 0 Å². The van der Waals surface area contributed by atoms with Gasteiger partial charge in [-0.2, -0.15) is 0 Å². The lowest BCUT2D eigenvalue weighted by Crippen LogP contribution is -2.34. The highest BCUT2D eigenvalue weighted by Gasteiger charge is 2.10. The monoisotopic (exact) mass is 449 g/mol. The fraction of sp³-hybridized carbons (Fsp3) is 0.0556. The van der Waals surface area contributed by atoms with Crippen LogP contribution in [0.4, 0.5) is 0 Å². The van der Waals surface area contributed by atoms with E-state index in [1.807, 2.05) is 12.1 Å². The number of methoxy groups -OCH3 is 1. The molecule has 0 saturated heterocycles. The maximum atomic E-state index is 12.8. The molecular formula is C18H16BrN3O4S. The molecular weight excluding hydrogens is 434 g/mol. The molecule has 1 aromatic heterocycles. The van der Waals surface area contributed by atoms with Crippen molar-refractivity contribution in [1.82, 2.24) is 9.78 Å². The van der Waals surface area contributed by atoms with Crippen LogP contribution in [0.15, 0.2) is 56.6 Å². The van der Waals surface area contributed by atoms with Gasteiger partial charge in [0.1, 0.15) is 5.75 Å². The van der Waals surface area contributed by atoms with E-state index in [0.29, 0.717) is 27.6 Å². The number of hydrogen-bond acceptors (Lipinski definition) is 4. The van der Waals surface area contributed by atoms with Gasteiger partial charge in [-0.05, 0) is 48.5 Å². The van der Waals surface area contributed by atoms with Crippen molar-refractivity contribution >= 4 is 38.6 Å². The number of sulfonamides is 1. The first-order valence-corrected chi connectivity index (χ1v) is 10.0. The molecule has 0 saturated carbocycles. The molecule has 0 aliphatic rings. The predicted molar refractivity (Wildman–Crippen MR) is 107 cm³/mol. The zero-order valence-corrected chi connectivity index (χ0v) is 16.7. The lowest BCUT2D eigenvalue weighted by molar-refractivity contribution is 0.413. The van der Waals surface area contributed by atoms with E-state index in [1.54, 1.807) is 19.3 Å². The van der Waals surface area contributed by atoms with Crippen LogP contribution in [0.2, 0.25) is 0 Å². The van der Waals surface area contributed by atoms with Crippen molar-refractivity contribution in [3.05, 3.63) is 73.4 Å². The number of halogens is 1. The van der Waals surface area contributed by atoms with Crippen LogP contribution < -0.4 is 26.0 Å². The molecule has 3 aromatic rings. The van der Waals surface area contributed by atoms with Crippen LogP contribution in [0, 0.1) is 0 Å². The number of nitrogens with one attached hydrogen (secondary N) is 1. The standard InChI is InChI=1S/C18H16BrN3O4S/c1-11-16(10-12-9-13(19)3-8-17(12)26-2)18(23)22(21-11)14-4-6-15(7-5-14)27(20,24)25/h3-10,21H,1H2,2H3,(H2,20,24,25)/b16-10+. The number of rotatable bonds is 4. The van der Waals surface area contributed by atoms with Crippen LogP contribution in [-0.2, 0) is 10.0 Å². The van der Waals surface area contributed by atoms with Crippen LogP contribution in [0.1, 0.15) is 5.56 Å². The molecule has 0 atom stereocenters. The summed E-state index contributed by atoms with van der Waals surface area (Å²) in [4.78, 5) is 12.8. The van der Waals surface area contributed by atoms with Crippen LogP contribution in [0.5, 0.6) is 5.75 Å². The summed E-state index contributed by atoms with van der Waals surface area (Å²) < 4.78 is 30.2. The Morgan fingerprint density at radius 2 is 1.89 bits per heavy atom. The van der Waals surface area contributed by atoms with Crippen LogP contribution >= 0.6 is 15.9 Å². The topological polar surface area (TPSA) is 107 Å². The number of primary sulfonamides is 1. The van der Waals surface area contributed by atoms with E-state index in [1.165, 1.54) is 28.9 Å².